The van der Waals surface area contributed by atoms with Crippen LogP contribution in [0.5, 0.6) is 11.5 Å². The summed E-state index contributed by atoms with van der Waals surface area (Å²) < 4.78 is 5.15. The van der Waals surface area contributed by atoms with Crippen LogP contribution in [0.2, 0.25) is 0 Å². The van der Waals surface area contributed by atoms with Gasteiger partial charge in [0.05, 0.1) is 7.11 Å². The van der Waals surface area contributed by atoms with Gasteiger partial charge in [-0.15, -0.1) is 0 Å². The van der Waals surface area contributed by atoms with Crippen molar-refractivity contribution in [3.8, 4) is 11.5 Å². The number of nitrogens with zero attached hydrogens (tertiary/aromatic N) is 2. The molecule has 0 bridgehead atoms. The highest BCUT2D eigenvalue weighted by atomic mass is 32.1. The summed E-state index contributed by atoms with van der Waals surface area (Å²) in [5, 5.41) is 23.5. The second-order valence-corrected chi connectivity index (χ2v) is 7.64. The number of rotatable bonds is 8. The quantitative estimate of drug-likeness (QED) is 0.728. The molecule has 2 heterocycles. The smallest absolute Gasteiger partial charge is 0.161 e. The van der Waals surface area contributed by atoms with Gasteiger partial charge in [0.2, 0.25) is 0 Å². The van der Waals surface area contributed by atoms with Gasteiger partial charge >= 0.3 is 0 Å². The second-order valence-electron chi connectivity index (χ2n) is 6.86. The zero-order valence-corrected chi connectivity index (χ0v) is 16.6. The van der Waals surface area contributed by atoms with Crippen LogP contribution in [0.4, 0.5) is 0 Å². The highest BCUT2D eigenvalue weighted by Crippen LogP contribution is 2.26. The van der Waals surface area contributed by atoms with Crippen LogP contribution >= 0.6 is 11.3 Å². The predicted molar refractivity (Wildman–Crippen MR) is 110 cm³/mol. The van der Waals surface area contributed by atoms with E-state index in [0.29, 0.717) is 11.8 Å². The standard InChI is InChI=1S/C21H28N2O3S/c1-26-21-13-17(4-5-20(21)25)3-2-8-22-9-10-23(19(15-22)6-11-24)14-18-7-12-27-16-18/h2-5,7,12-13,16,19,24-25H,6,8-11,14-15H2,1H3. The van der Waals surface area contributed by atoms with Crippen molar-refractivity contribution in [1.29, 1.82) is 0 Å². The first-order valence-electron chi connectivity index (χ1n) is 9.31. The number of ether oxygens (including phenoxy) is 1. The first-order chi connectivity index (χ1) is 13.2. The fourth-order valence-corrected chi connectivity index (χ4v) is 4.17. The van der Waals surface area contributed by atoms with Crippen LogP contribution in [0, 0.1) is 0 Å². The Balaban J connectivity index is 1.55. The normalized spacial score (nSPS) is 19.0. The van der Waals surface area contributed by atoms with Gasteiger partial charge in [0, 0.05) is 45.4 Å². The van der Waals surface area contributed by atoms with Crippen molar-refractivity contribution >= 4 is 17.4 Å². The Morgan fingerprint density at radius 2 is 2.19 bits per heavy atom. The molecule has 0 spiro atoms. The number of aliphatic hydroxyl groups is 1. The van der Waals surface area contributed by atoms with Crippen molar-refractivity contribution in [2.24, 2.45) is 0 Å². The summed E-state index contributed by atoms with van der Waals surface area (Å²) in [6, 6.07) is 7.92. The second kappa shape index (κ2) is 9.90. The third-order valence-corrected chi connectivity index (χ3v) is 5.73. The maximum atomic E-state index is 9.68. The number of phenols is 1. The van der Waals surface area contributed by atoms with E-state index in [0.717, 1.165) is 44.7 Å². The SMILES string of the molecule is COc1cc(C=CCN2CCN(Cc3ccsc3)C(CCO)C2)ccc1O. The largest absolute Gasteiger partial charge is 0.504 e. The number of aromatic hydroxyl groups is 1. The molecule has 146 valence electrons. The van der Waals surface area contributed by atoms with Crippen LogP contribution in [0.15, 0.2) is 41.1 Å². The minimum absolute atomic E-state index is 0.156. The van der Waals surface area contributed by atoms with Crippen molar-refractivity contribution < 1.29 is 14.9 Å². The molecule has 1 unspecified atom stereocenters. The molecule has 2 N–H and O–H groups in total. The van der Waals surface area contributed by atoms with E-state index in [-0.39, 0.29) is 12.4 Å². The average molecular weight is 389 g/mol. The van der Waals surface area contributed by atoms with Gasteiger partial charge in [0.25, 0.3) is 0 Å². The molecule has 0 saturated carbocycles. The molecule has 5 nitrogen and oxygen atoms in total. The number of aliphatic hydroxyl groups excluding tert-OH is 1. The summed E-state index contributed by atoms with van der Waals surface area (Å²) in [5.74, 6) is 0.644. The zero-order valence-electron chi connectivity index (χ0n) is 15.8. The van der Waals surface area contributed by atoms with E-state index < -0.39 is 0 Å². The van der Waals surface area contributed by atoms with Crippen LogP contribution in [0.3, 0.4) is 0 Å². The monoisotopic (exact) mass is 388 g/mol. The average Bonchev–Trinajstić information content (AvgIpc) is 3.18. The van der Waals surface area contributed by atoms with Gasteiger partial charge in [0.1, 0.15) is 0 Å². The van der Waals surface area contributed by atoms with Crippen molar-refractivity contribution in [2.45, 2.75) is 19.0 Å². The summed E-state index contributed by atoms with van der Waals surface area (Å²) in [4.78, 5) is 4.92. The Bertz CT molecular complexity index is 733. The maximum absolute atomic E-state index is 9.68. The first-order valence-corrected chi connectivity index (χ1v) is 10.3. The van der Waals surface area contributed by atoms with Crippen molar-refractivity contribution in [1.82, 2.24) is 9.80 Å². The van der Waals surface area contributed by atoms with Crippen LogP contribution in [0.1, 0.15) is 17.5 Å². The van der Waals surface area contributed by atoms with Crippen LogP contribution in [-0.4, -0.2) is 66.0 Å². The zero-order chi connectivity index (χ0) is 19.1. The molecule has 0 amide bonds. The molecule has 1 saturated heterocycles. The van der Waals surface area contributed by atoms with Crippen LogP contribution in [-0.2, 0) is 6.54 Å². The molecule has 1 aliphatic rings. The van der Waals surface area contributed by atoms with E-state index in [2.05, 4.69) is 38.8 Å². The fourth-order valence-electron chi connectivity index (χ4n) is 3.51. The minimum atomic E-state index is 0.156. The number of thiophene rings is 1. The molecule has 1 aromatic carbocycles. The lowest BCUT2D eigenvalue weighted by molar-refractivity contribution is 0.0598. The van der Waals surface area contributed by atoms with Crippen LogP contribution < -0.4 is 4.74 Å². The molecule has 0 aliphatic carbocycles. The highest BCUT2D eigenvalue weighted by Gasteiger charge is 2.26. The Morgan fingerprint density at radius 3 is 2.93 bits per heavy atom. The number of phenolic OH excluding ortho intramolecular Hbond substituents is 1. The molecular formula is C21H28N2O3S. The number of benzene rings is 1. The third kappa shape index (κ3) is 5.56. The summed E-state index contributed by atoms with van der Waals surface area (Å²) in [5.41, 5.74) is 2.37. The van der Waals surface area contributed by atoms with Gasteiger partial charge in [0.15, 0.2) is 11.5 Å². The Morgan fingerprint density at radius 1 is 1.30 bits per heavy atom. The molecule has 3 rings (SSSR count). The van der Waals surface area contributed by atoms with Gasteiger partial charge in [-0.3, -0.25) is 9.80 Å². The lowest BCUT2D eigenvalue weighted by atomic mass is 10.1. The third-order valence-electron chi connectivity index (χ3n) is 4.99. The molecule has 1 aliphatic heterocycles. The highest BCUT2D eigenvalue weighted by molar-refractivity contribution is 7.07. The van der Waals surface area contributed by atoms with Crippen molar-refractivity contribution in [3.05, 3.63) is 52.2 Å². The van der Waals surface area contributed by atoms with E-state index in [4.69, 9.17) is 4.74 Å². The van der Waals surface area contributed by atoms with E-state index in [9.17, 15) is 10.2 Å². The number of hydrogen-bond acceptors (Lipinski definition) is 6. The topological polar surface area (TPSA) is 56.2 Å². The van der Waals surface area contributed by atoms with E-state index in [1.165, 1.54) is 5.56 Å². The van der Waals surface area contributed by atoms with E-state index in [1.54, 1.807) is 24.5 Å². The first kappa shape index (κ1) is 19.9. The van der Waals surface area contributed by atoms with E-state index in [1.807, 2.05) is 12.1 Å². The predicted octanol–water partition coefficient (Wildman–Crippen LogP) is 3.04. The maximum Gasteiger partial charge on any atom is 0.161 e. The molecule has 27 heavy (non-hydrogen) atoms. The molecule has 1 aromatic heterocycles. The van der Waals surface area contributed by atoms with Crippen molar-refractivity contribution in [2.75, 3.05) is 39.9 Å². The molecule has 0 radical (unpaired) electrons. The number of methoxy groups -OCH3 is 1. The summed E-state index contributed by atoms with van der Waals surface area (Å²) >= 11 is 1.74. The summed E-state index contributed by atoms with van der Waals surface area (Å²) in [6.45, 7) is 5.06. The van der Waals surface area contributed by atoms with E-state index >= 15 is 0 Å². The fraction of sp³-hybridized carbons (Fsp3) is 0.429. The van der Waals surface area contributed by atoms with Crippen LogP contribution in [0.25, 0.3) is 6.08 Å². The molecule has 2 aromatic rings. The van der Waals surface area contributed by atoms with Crippen molar-refractivity contribution in [3.63, 3.8) is 0 Å². The minimum Gasteiger partial charge on any atom is -0.504 e. The Labute approximate surface area is 165 Å². The molecule has 1 fully saturated rings. The number of piperazine rings is 1. The summed E-state index contributed by atoms with van der Waals surface area (Å²) in [7, 11) is 1.55. The Kier molecular flexibility index (Phi) is 7.29. The molecule has 6 heteroatoms. The van der Waals surface area contributed by atoms with Gasteiger partial charge < -0.3 is 14.9 Å². The number of hydrogen-bond donors (Lipinski definition) is 2. The summed E-state index contributed by atoms with van der Waals surface area (Å²) in [6.07, 6.45) is 5.01. The van der Waals surface area contributed by atoms with Gasteiger partial charge in [-0.1, -0.05) is 18.2 Å². The Hall–Kier alpha value is -1.86. The molecule has 1 atom stereocenters. The lowest BCUT2D eigenvalue weighted by Gasteiger charge is -2.41. The van der Waals surface area contributed by atoms with Gasteiger partial charge in [-0.2, -0.15) is 11.3 Å². The van der Waals surface area contributed by atoms with Gasteiger partial charge in [-0.25, -0.2) is 0 Å². The lowest BCUT2D eigenvalue weighted by Crippen LogP contribution is -2.52. The molecular weight excluding hydrogens is 360 g/mol. The van der Waals surface area contributed by atoms with Gasteiger partial charge in [-0.05, 0) is 46.5 Å².